The second-order valence-electron chi connectivity index (χ2n) is 6.86. The second kappa shape index (κ2) is 6.42. The highest BCUT2D eigenvalue weighted by atomic mass is 16.3. The smallest absolute Gasteiger partial charge is 0.255 e. The molecule has 3 aromatic rings. The van der Waals surface area contributed by atoms with Gasteiger partial charge in [0.25, 0.3) is 11.5 Å². The lowest BCUT2D eigenvalue weighted by Crippen LogP contribution is -2.41. The van der Waals surface area contributed by atoms with Crippen LogP contribution in [0.5, 0.6) is 0 Å². The molecule has 0 aliphatic heterocycles. The van der Waals surface area contributed by atoms with Gasteiger partial charge in [-0.3, -0.25) is 14.3 Å². The average molecular weight is 352 g/mol. The number of aryl methyl sites for hydroxylation is 1. The van der Waals surface area contributed by atoms with E-state index in [2.05, 4.69) is 15.4 Å². The average Bonchev–Trinajstić information content (AvgIpc) is 3.04. The summed E-state index contributed by atoms with van der Waals surface area (Å²) in [5.74, 6) is -0.0973. The lowest BCUT2D eigenvalue weighted by atomic mass is 9.75. The van der Waals surface area contributed by atoms with Gasteiger partial charge in [-0.15, -0.1) is 0 Å². The van der Waals surface area contributed by atoms with Gasteiger partial charge in [0.1, 0.15) is 0 Å². The number of aliphatic hydroxyl groups is 1. The highest BCUT2D eigenvalue weighted by molar-refractivity contribution is 6.06. The summed E-state index contributed by atoms with van der Waals surface area (Å²) in [6.07, 6.45) is 6.04. The Labute approximate surface area is 149 Å². The first-order chi connectivity index (χ1) is 12.5. The van der Waals surface area contributed by atoms with Crippen LogP contribution in [0, 0.1) is 5.92 Å². The van der Waals surface area contributed by atoms with Crippen molar-refractivity contribution in [2.45, 2.75) is 25.0 Å². The van der Waals surface area contributed by atoms with Crippen molar-refractivity contribution in [3.63, 3.8) is 0 Å². The molecule has 2 heterocycles. The molecule has 1 aliphatic carbocycles. The predicted octanol–water partition coefficient (Wildman–Crippen LogP) is 1.50. The summed E-state index contributed by atoms with van der Waals surface area (Å²) in [7, 11) is 1.83. The van der Waals surface area contributed by atoms with E-state index in [0.29, 0.717) is 29.2 Å². The van der Waals surface area contributed by atoms with Crippen LogP contribution in [0.25, 0.3) is 10.8 Å². The molecule has 3 N–H and O–H groups in total. The first-order valence-corrected chi connectivity index (χ1v) is 8.61. The standard InChI is InChI=1S/C19H20N4O3/c1-23-10-12(8-21-23)17(11-6-13(24)7-11)22-19(26)16-9-20-18(25)15-5-3-2-4-14(15)16/h2-5,8-11,13,17,24H,6-7H2,1H3,(H,20,25)(H,22,26). The highest BCUT2D eigenvalue weighted by Crippen LogP contribution is 2.38. The molecular formula is C19H20N4O3. The van der Waals surface area contributed by atoms with Crippen LogP contribution in [0.3, 0.4) is 0 Å². The fraction of sp³-hybridized carbons (Fsp3) is 0.316. The summed E-state index contributed by atoms with van der Waals surface area (Å²) >= 11 is 0. The van der Waals surface area contributed by atoms with E-state index in [1.165, 1.54) is 6.20 Å². The van der Waals surface area contributed by atoms with E-state index in [4.69, 9.17) is 0 Å². The Bertz CT molecular complexity index is 1020. The first-order valence-electron chi connectivity index (χ1n) is 8.61. The quantitative estimate of drug-likeness (QED) is 0.662. The van der Waals surface area contributed by atoms with Gasteiger partial charge in [0.15, 0.2) is 0 Å². The maximum Gasteiger partial charge on any atom is 0.255 e. The number of carbonyl (C=O) groups excluding carboxylic acids is 1. The first kappa shape index (κ1) is 16.5. The summed E-state index contributed by atoms with van der Waals surface area (Å²) in [6.45, 7) is 0. The number of nitrogens with zero attached hydrogens (tertiary/aromatic N) is 2. The number of aliphatic hydroxyl groups excluding tert-OH is 1. The van der Waals surface area contributed by atoms with Gasteiger partial charge in [0.05, 0.1) is 23.9 Å². The normalized spacial score (nSPS) is 20.5. The number of hydrogen-bond acceptors (Lipinski definition) is 4. The third kappa shape index (κ3) is 2.90. The molecule has 26 heavy (non-hydrogen) atoms. The van der Waals surface area contributed by atoms with E-state index in [-0.39, 0.29) is 29.5 Å². The van der Waals surface area contributed by atoms with E-state index >= 15 is 0 Å². The van der Waals surface area contributed by atoms with Crippen LogP contribution in [0.4, 0.5) is 0 Å². The number of H-pyrrole nitrogens is 1. The van der Waals surface area contributed by atoms with Crippen LogP contribution in [-0.4, -0.2) is 31.9 Å². The molecular weight excluding hydrogens is 332 g/mol. The summed E-state index contributed by atoms with van der Waals surface area (Å²) in [4.78, 5) is 27.6. The third-order valence-corrected chi connectivity index (χ3v) is 5.05. The number of hydrogen-bond donors (Lipinski definition) is 3. The fourth-order valence-electron chi connectivity index (χ4n) is 3.59. The molecule has 1 atom stereocenters. The fourth-order valence-corrected chi connectivity index (χ4v) is 3.59. The molecule has 1 amide bonds. The van der Waals surface area contributed by atoms with Gasteiger partial charge in [0, 0.05) is 35.8 Å². The maximum atomic E-state index is 13.0. The summed E-state index contributed by atoms with van der Waals surface area (Å²) in [6, 6.07) is 6.81. The predicted molar refractivity (Wildman–Crippen MR) is 96.7 cm³/mol. The summed E-state index contributed by atoms with van der Waals surface area (Å²) in [5.41, 5.74) is 1.11. The molecule has 0 saturated heterocycles. The minimum Gasteiger partial charge on any atom is -0.393 e. The van der Waals surface area contributed by atoms with E-state index < -0.39 is 0 Å². The van der Waals surface area contributed by atoms with Gasteiger partial charge in [-0.1, -0.05) is 18.2 Å². The number of benzene rings is 1. The number of nitrogens with one attached hydrogen (secondary N) is 2. The SMILES string of the molecule is Cn1cc(C(NC(=O)c2c[nH]c(=O)c3ccccc23)C2CC(O)C2)cn1. The molecule has 4 rings (SSSR count). The summed E-state index contributed by atoms with van der Waals surface area (Å²) in [5, 5.41) is 18.0. The van der Waals surface area contributed by atoms with Gasteiger partial charge in [-0.05, 0) is 24.8 Å². The molecule has 1 saturated carbocycles. The van der Waals surface area contributed by atoms with Crippen molar-refractivity contribution in [1.29, 1.82) is 0 Å². The topological polar surface area (TPSA) is 100 Å². The van der Waals surface area contributed by atoms with Crippen molar-refractivity contribution < 1.29 is 9.90 Å². The van der Waals surface area contributed by atoms with E-state index in [1.807, 2.05) is 13.2 Å². The number of pyridine rings is 1. The van der Waals surface area contributed by atoms with Crippen LogP contribution in [0.1, 0.15) is 34.8 Å². The minimum atomic E-state index is -0.315. The van der Waals surface area contributed by atoms with Crippen LogP contribution >= 0.6 is 0 Å². The molecule has 1 aliphatic rings. The lowest BCUT2D eigenvalue weighted by molar-refractivity contribution is 0.0235. The number of amides is 1. The molecule has 134 valence electrons. The van der Waals surface area contributed by atoms with Crippen molar-refractivity contribution in [1.82, 2.24) is 20.1 Å². The third-order valence-electron chi connectivity index (χ3n) is 5.05. The van der Waals surface area contributed by atoms with Gasteiger partial charge < -0.3 is 15.4 Å². The van der Waals surface area contributed by atoms with Gasteiger partial charge in [-0.25, -0.2) is 0 Å². The zero-order chi connectivity index (χ0) is 18.3. The number of aromatic nitrogens is 3. The molecule has 1 fully saturated rings. The van der Waals surface area contributed by atoms with Crippen LogP contribution in [0.2, 0.25) is 0 Å². The molecule has 0 bridgehead atoms. The van der Waals surface area contributed by atoms with Gasteiger partial charge >= 0.3 is 0 Å². The molecule has 7 nitrogen and oxygen atoms in total. The Morgan fingerprint density at radius 2 is 2.08 bits per heavy atom. The monoisotopic (exact) mass is 352 g/mol. The van der Waals surface area contributed by atoms with E-state index in [9.17, 15) is 14.7 Å². The number of rotatable bonds is 4. The minimum absolute atomic E-state index is 0.159. The second-order valence-corrected chi connectivity index (χ2v) is 6.86. The van der Waals surface area contributed by atoms with Crippen molar-refractivity contribution in [3.05, 3.63) is 64.3 Å². The highest BCUT2D eigenvalue weighted by Gasteiger charge is 2.36. The molecule has 2 aromatic heterocycles. The Morgan fingerprint density at radius 1 is 1.35 bits per heavy atom. The van der Waals surface area contributed by atoms with Gasteiger partial charge in [-0.2, -0.15) is 5.10 Å². The van der Waals surface area contributed by atoms with Crippen molar-refractivity contribution in [2.24, 2.45) is 13.0 Å². The molecule has 1 aromatic carbocycles. The van der Waals surface area contributed by atoms with Crippen molar-refractivity contribution in [3.8, 4) is 0 Å². The van der Waals surface area contributed by atoms with Crippen LogP contribution < -0.4 is 10.9 Å². The van der Waals surface area contributed by atoms with Gasteiger partial charge in [0.2, 0.25) is 0 Å². The molecule has 1 unspecified atom stereocenters. The Kier molecular flexibility index (Phi) is 4.08. The van der Waals surface area contributed by atoms with Crippen molar-refractivity contribution in [2.75, 3.05) is 0 Å². The Hall–Kier alpha value is -2.93. The van der Waals surface area contributed by atoms with E-state index in [0.717, 1.165) is 5.56 Å². The molecule has 0 spiro atoms. The maximum absolute atomic E-state index is 13.0. The number of aromatic amines is 1. The number of fused-ring (bicyclic) bond motifs is 1. The molecule has 0 radical (unpaired) electrons. The van der Waals surface area contributed by atoms with Crippen molar-refractivity contribution >= 4 is 16.7 Å². The number of carbonyl (C=O) groups is 1. The molecule has 7 heteroatoms. The Balaban J connectivity index is 1.67. The summed E-state index contributed by atoms with van der Waals surface area (Å²) < 4.78 is 1.69. The lowest BCUT2D eigenvalue weighted by Gasteiger charge is -2.37. The van der Waals surface area contributed by atoms with E-state index in [1.54, 1.807) is 35.1 Å². The van der Waals surface area contributed by atoms with Crippen LogP contribution in [0.15, 0.2) is 47.7 Å². The van der Waals surface area contributed by atoms with Crippen LogP contribution in [-0.2, 0) is 7.05 Å². The zero-order valence-corrected chi connectivity index (χ0v) is 14.3. The zero-order valence-electron chi connectivity index (χ0n) is 14.3. The Morgan fingerprint density at radius 3 is 2.73 bits per heavy atom. The largest absolute Gasteiger partial charge is 0.393 e.